The monoisotopic (exact) mass is 475 g/mol. The number of halogens is 1. The van der Waals surface area contributed by atoms with Crippen LogP contribution in [-0.2, 0) is 14.3 Å². The number of amides is 3. The summed E-state index contributed by atoms with van der Waals surface area (Å²) in [6.07, 6.45) is 0. The molecule has 0 unspecified atom stereocenters. The molecule has 1 fully saturated rings. The largest absolute Gasteiger partial charge is 0.497 e. The molecule has 9 nitrogen and oxygen atoms in total. The summed E-state index contributed by atoms with van der Waals surface area (Å²) in [6.45, 7) is 0.217. The van der Waals surface area contributed by atoms with E-state index in [4.69, 9.17) is 25.8 Å². The van der Waals surface area contributed by atoms with Crippen LogP contribution in [0, 0.1) is 0 Å². The molecule has 0 spiro atoms. The molecule has 176 valence electrons. The van der Waals surface area contributed by atoms with E-state index in [-0.39, 0.29) is 44.7 Å². The molecule has 1 heterocycles. The van der Waals surface area contributed by atoms with E-state index in [0.29, 0.717) is 27.8 Å². The van der Waals surface area contributed by atoms with Gasteiger partial charge in [0.25, 0.3) is 5.91 Å². The van der Waals surface area contributed by atoms with Gasteiger partial charge in [-0.3, -0.25) is 19.3 Å². The molecule has 0 saturated carbocycles. The number of benzene rings is 2. The average molecular weight is 476 g/mol. The lowest BCUT2D eigenvalue weighted by Gasteiger charge is -2.25. The number of anilines is 1. The van der Waals surface area contributed by atoms with Crippen molar-refractivity contribution in [2.75, 3.05) is 59.1 Å². The van der Waals surface area contributed by atoms with Crippen molar-refractivity contribution in [3.63, 3.8) is 0 Å². The third-order valence-electron chi connectivity index (χ3n) is 5.23. The van der Waals surface area contributed by atoms with Crippen molar-refractivity contribution in [1.82, 2.24) is 9.80 Å². The first-order valence-corrected chi connectivity index (χ1v) is 10.6. The fourth-order valence-electron chi connectivity index (χ4n) is 3.45. The van der Waals surface area contributed by atoms with Crippen LogP contribution < -0.4 is 14.4 Å². The molecule has 33 heavy (non-hydrogen) atoms. The highest BCUT2D eigenvalue weighted by molar-refractivity contribution is 6.31. The van der Waals surface area contributed by atoms with Gasteiger partial charge in [0.15, 0.2) is 0 Å². The second-order valence-electron chi connectivity index (χ2n) is 7.32. The topological polar surface area (TPSA) is 88.6 Å². The summed E-state index contributed by atoms with van der Waals surface area (Å²) in [5, 5.41) is 0.495. The van der Waals surface area contributed by atoms with E-state index in [1.165, 1.54) is 36.0 Å². The molecular weight excluding hydrogens is 450 g/mol. The minimum Gasteiger partial charge on any atom is -0.497 e. The Kier molecular flexibility index (Phi) is 8.13. The number of ether oxygens (including phenoxy) is 3. The summed E-state index contributed by atoms with van der Waals surface area (Å²) in [5.74, 6) is -0.101. The molecule has 2 aromatic carbocycles. The summed E-state index contributed by atoms with van der Waals surface area (Å²) >= 11 is 6.03. The smallest absolute Gasteiger partial charge is 0.258 e. The highest BCUT2D eigenvalue weighted by Gasteiger charge is 2.33. The Morgan fingerprint density at radius 2 is 1.88 bits per heavy atom. The summed E-state index contributed by atoms with van der Waals surface area (Å²) in [5.41, 5.74) is 0.901. The predicted octanol–water partition coefficient (Wildman–Crippen LogP) is 2.28. The molecule has 0 aliphatic carbocycles. The summed E-state index contributed by atoms with van der Waals surface area (Å²) in [7, 11) is 4.49. The molecule has 0 radical (unpaired) electrons. The van der Waals surface area contributed by atoms with Crippen LogP contribution in [0.4, 0.5) is 5.69 Å². The third-order valence-corrected chi connectivity index (χ3v) is 5.46. The van der Waals surface area contributed by atoms with Gasteiger partial charge < -0.3 is 24.0 Å². The van der Waals surface area contributed by atoms with Gasteiger partial charge in [-0.15, -0.1) is 0 Å². The highest BCUT2D eigenvalue weighted by atomic mass is 35.5. The third kappa shape index (κ3) is 5.74. The standard InChI is InChI=1S/C23H26ClN3O6/c1-31-10-9-25(23(30)19-8-7-18(32-2)12-20(19)33-3)13-21(28)26-14-22(29)27(15-26)17-6-4-5-16(24)11-17/h4-8,11-12H,9-10,13-15H2,1-3H3. The van der Waals surface area contributed by atoms with Crippen LogP contribution in [0.2, 0.25) is 5.02 Å². The molecular formula is C23H26ClN3O6. The van der Waals surface area contributed by atoms with Gasteiger partial charge in [-0.25, -0.2) is 0 Å². The van der Waals surface area contributed by atoms with E-state index in [1.807, 2.05) is 0 Å². The van der Waals surface area contributed by atoms with E-state index in [0.717, 1.165) is 0 Å². The first-order valence-electron chi connectivity index (χ1n) is 10.2. The van der Waals surface area contributed by atoms with Gasteiger partial charge in [0, 0.05) is 30.4 Å². The quantitative estimate of drug-likeness (QED) is 0.553. The second kappa shape index (κ2) is 11.0. The van der Waals surface area contributed by atoms with Gasteiger partial charge in [-0.2, -0.15) is 0 Å². The van der Waals surface area contributed by atoms with Crippen LogP contribution in [0.5, 0.6) is 11.5 Å². The molecule has 1 aliphatic heterocycles. The van der Waals surface area contributed by atoms with E-state index in [2.05, 4.69) is 0 Å². The zero-order valence-electron chi connectivity index (χ0n) is 18.7. The summed E-state index contributed by atoms with van der Waals surface area (Å²) in [6, 6.07) is 11.7. The number of hydrogen-bond acceptors (Lipinski definition) is 6. The highest BCUT2D eigenvalue weighted by Crippen LogP contribution is 2.26. The lowest BCUT2D eigenvalue weighted by Crippen LogP contribution is -2.44. The summed E-state index contributed by atoms with van der Waals surface area (Å²) in [4.78, 5) is 43.1. The number of hydrogen-bond donors (Lipinski definition) is 0. The van der Waals surface area contributed by atoms with Crippen molar-refractivity contribution >= 4 is 35.0 Å². The van der Waals surface area contributed by atoms with E-state index < -0.39 is 5.91 Å². The number of nitrogens with zero attached hydrogens (tertiary/aromatic N) is 3. The Bertz CT molecular complexity index is 1030. The van der Waals surface area contributed by atoms with Crippen molar-refractivity contribution in [3.8, 4) is 11.5 Å². The molecule has 3 amide bonds. The predicted molar refractivity (Wildman–Crippen MR) is 123 cm³/mol. The van der Waals surface area contributed by atoms with E-state index in [9.17, 15) is 14.4 Å². The molecule has 0 atom stereocenters. The summed E-state index contributed by atoms with van der Waals surface area (Å²) < 4.78 is 15.6. The minimum atomic E-state index is -0.392. The molecule has 2 aromatic rings. The van der Waals surface area contributed by atoms with Crippen molar-refractivity contribution in [3.05, 3.63) is 53.1 Å². The molecule has 3 rings (SSSR count). The fourth-order valence-corrected chi connectivity index (χ4v) is 3.63. The Morgan fingerprint density at radius 1 is 1.09 bits per heavy atom. The molecule has 10 heteroatoms. The lowest BCUT2D eigenvalue weighted by atomic mass is 10.1. The van der Waals surface area contributed by atoms with Crippen molar-refractivity contribution in [2.45, 2.75) is 0 Å². The maximum atomic E-state index is 13.3. The number of carbonyl (C=O) groups is 3. The maximum absolute atomic E-state index is 13.3. The van der Waals surface area contributed by atoms with Crippen molar-refractivity contribution in [1.29, 1.82) is 0 Å². The Morgan fingerprint density at radius 3 is 2.55 bits per heavy atom. The van der Waals surface area contributed by atoms with Gasteiger partial charge >= 0.3 is 0 Å². The Balaban J connectivity index is 1.75. The minimum absolute atomic E-state index is 0.0795. The normalized spacial score (nSPS) is 13.3. The second-order valence-corrected chi connectivity index (χ2v) is 7.76. The SMILES string of the molecule is COCCN(CC(=O)N1CC(=O)N(c2cccc(Cl)c2)C1)C(=O)c1ccc(OC)cc1OC. The molecule has 1 saturated heterocycles. The van der Waals surface area contributed by atoms with Gasteiger partial charge in [0.1, 0.15) is 31.3 Å². The maximum Gasteiger partial charge on any atom is 0.258 e. The van der Waals surface area contributed by atoms with Gasteiger partial charge in [0.2, 0.25) is 11.8 Å². The average Bonchev–Trinajstić information content (AvgIpc) is 3.22. The molecule has 0 bridgehead atoms. The van der Waals surface area contributed by atoms with Crippen LogP contribution >= 0.6 is 11.6 Å². The molecule has 0 N–H and O–H groups in total. The van der Waals surface area contributed by atoms with Gasteiger partial charge in [0.05, 0.1) is 26.4 Å². The molecule has 0 aromatic heterocycles. The van der Waals surface area contributed by atoms with Crippen molar-refractivity contribution < 1.29 is 28.6 Å². The number of rotatable bonds is 9. The first kappa shape index (κ1) is 24.3. The van der Waals surface area contributed by atoms with Crippen LogP contribution in [0.3, 0.4) is 0 Å². The zero-order valence-corrected chi connectivity index (χ0v) is 19.5. The van der Waals surface area contributed by atoms with Crippen LogP contribution in [-0.4, -0.2) is 81.8 Å². The fraction of sp³-hybridized carbons (Fsp3) is 0.348. The number of carbonyl (C=O) groups excluding carboxylic acids is 3. The van der Waals surface area contributed by atoms with Crippen molar-refractivity contribution in [2.24, 2.45) is 0 Å². The van der Waals surface area contributed by atoms with Gasteiger partial charge in [-0.05, 0) is 30.3 Å². The van der Waals surface area contributed by atoms with Crippen LogP contribution in [0.25, 0.3) is 0 Å². The van der Waals surface area contributed by atoms with E-state index in [1.54, 1.807) is 42.5 Å². The van der Waals surface area contributed by atoms with E-state index >= 15 is 0 Å². The van der Waals surface area contributed by atoms with Crippen LogP contribution in [0.1, 0.15) is 10.4 Å². The lowest BCUT2D eigenvalue weighted by molar-refractivity contribution is -0.132. The van der Waals surface area contributed by atoms with Crippen LogP contribution in [0.15, 0.2) is 42.5 Å². The Hall–Kier alpha value is -3.30. The Labute approximate surface area is 197 Å². The number of methoxy groups -OCH3 is 3. The van der Waals surface area contributed by atoms with Gasteiger partial charge in [-0.1, -0.05) is 17.7 Å². The first-order chi connectivity index (χ1) is 15.9. The molecule has 1 aliphatic rings. The zero-order chi connectivity index (χ0) is 24.0.